The molecule has 0 aromatic heterocycles. The van der Waals surface area contributed by atoms with Crippen molar-refractivity contribution in [2.45, 2.75) is 71.4 Å². The van der Waals surface area contributed by atoms with Crippen molar-refractivity contribution in [3.63, 3.8) is 0 Å². The van der Waals surface area contributed by atoms with Crippen LogP contribution in [0.5, 0.6) is 0 Å². The fraction of sp³-hybridized carbons (Fsp3) is 1.00. The highest BCUT2D eigenvalue weighted by molar-refractivity contribution is 4.91. The van der Waals surface area contributed by atoms with Gasteiger partial charge < -0.3 is 10.2 Å². The van der Waals surface area contributed by atoms with Crippen LogP contribution < -0.4 is 5.32 Å². The summed E-state index contributed by atoms with van der Waals surface area (Å²) in [7, 11) is 2.34. The summed E-state index contributed by atoms with van der Waals surface area (Å²) in [5.41, 5.74) is 0.237. The lowest BCUT2D eigenvalue weighted by Crippen LogP contribution is -2.47. The van der Waals surface area contributed by atoms with E-state index < -0.39 is 0 Å². The number of likely N-dealkylation sites (N-methyl/N-ethyl adjacent to an activating group) is 1. The number of hydrogen-bond acceptors (Lipinski definition) is 2. The Kier molecular flexibility index (Phi) is 4.94. The molecule has 2 rings (SSSR count). The summed E-state index contributed by atoms with van der Waals surface area (Å²) in [4.78, 5) is 2.63. The topological polar surface area (TPSA) is 15.3 Å². The van der Waals surface area contributed by atoms with E-state index in [1.807, 2.05) is 0 Å². The minimum Gasteiger partial charge on any atom is -0.311 e. The summed E-state index contributed by atoms with van der Waals surface area (Å²) in [5.74, 6) is 3.13. The van der Waals surface area contributed by atoms with Crippen LogP contribution in [-0.4, -0.2) is 36.6 Å². The highest BCUT2D eigenvalue weighted by Crippen LogP contribution is 2.48. The molecular weight excluding hydrogens is 232 g/mol. The second kappa shape index (κ2) is 6.13. The molecule has 4 atom stereocenters. The zero-order chi connectivity index (χ0) is 14.0. The van der Waals surface area contributed by atoms with Gasteiger partial charge >= 0.3 is 0 Å². The van der Waals surface area contributed by atoms with Crippen LogP contribution in [0.25, 0.3) is 0 Å². The van der Waals surface area contributed by atoms with E-state index in [4.69, 9.17) is 0 Å². The summed E-state index contributed by atoms with van der Waals surface area (Å²) in [6.07, 6.45) is 7.34. The zero-order valence-electron chi connectivity index (χ0n) is 13.7. The average Bonchev–Trinajstić information content (AvgIpc) is 2.90. The third-order valence-electron chi connectivity index (χ3n) is 5.37. The molecule has 4 unspecified atom stereocenters. The minimum atomic E-state index is 0.237. The third-order valence-corrected chi connectivity index (χ3v) is 5.37. The molecule has 0 heterocycles. The van der Waals surface area contributed by atoms with Crippen molar-refractivity contribution in [2.24, 2.45) is 17.8 Å². The maximum absolute atomic E-state index is 3.67. The van der Waals surface area contributed by atoms with Crippen molar-refractivity contribution >= 4 is 0 Å². The molecule has 1 N–H and O–H groups in total. The Hall–Kier alpha value is -0.0800. The van der Waals surface area contributed by atoms with Gasteiger partial charge in [-0.1, -0.05) is 13.3 Å². The highest BCUT2D eigenvalue weighted by atomic mass is 15.2. The van der Waals surface area contributed by atoms with Crippen molar-refractivity contribution < 1.29 is 0 Å². The van der Waals surface area contributed by atoms with Gasteiger partial charge in [-0.05, 0) is 71.3 Å². The molecule has 2 saturated carbocycles. The van der Waals surface area contributed by atoms with Gasteiger partial charge in [-0.15, -0.1) is 0 Å². The van der Waals surface area contributed by atoms with Gasteiger partial charge in [0.15, 0.2) is 0 Å². The largest absolute Gasteiger partial charge is 0.311 e. The highest BCUT2D eigenvalue weighted by Gasteiger charge is 2.40. The summed E-state index contributed by atoms with van der Waals surface area (Å²) < 4.78 is 0. The van der Waals surface area contributed by atoms with Crippen LogP contribution in [-0.2, 0) is 0 Å². The smallest absolute Gasteiger partial charge is 0.0215 e. The molecule has 0 radical (unpaired) electrons. The molecule has 0 aromatic carbocycles. The Balaban J connectivity index is 1.78. The van der Waals surface area contributed by atoms with E-state index in [2.05, 4.69) is 45.0 Å². The van der Waals surface area contributed by atoms with E-state index in [9.17, 15) is 0 Å². The van der Waals surface area contributed by atoms with E-state index in [0.29, 0.717) is 6.04 Å². The van der Waals surface area contributed by atoms with Crippen molar-refractivity contribution in [1.82, 2.24) is 10.2 Å². The fourth-order valence-corrected chi connectivity index (χ4v) is 4.15. The zero-order valence-corrected chi connectivity index (χ0v) is 13.7. The van der Waals surface area contributed by atoms with Crippen LogP contribution in [0.1, 0.15) is 59.8 Å². The monoisotopic (exact) mass is 266 g/mol. The summed E-state index contributed by atoms with van der Waals surface area (Å²) in [6.45, 7) is 11.6. The molecule has 19 heavy (non-hydrogen) atoms. The lowest BCUT2D eigenvalue weighted by Gasteiger charge is -2.34. The lowest BCUT2D eigenvalue weighted by molar-refractivity contribution is 0.160. The van der Waals surface area contributed by atoms with Crippen LogP contribution in [0.2, 0.25) is 0 Å². The Morgan fingerprint density at radius 1 is 1.21 bits per heavy atom. The lowest BCUT2D eigenvalue weighted by atomic mass is 9.88. The number of nitrogens with one attached hydrogen (secondary N) is 1. The predicted molar refractivity (Wildman–Crippen MR) is 83.4 cm³/mol. The molecule has 2 aliphatic rings. The molecule has 2 nitrogen and oxygen atoms in total. The van der Waals surface area contributed by atoms with Gasteiger partial charge in [0, 0.05) is 24.7 Å². The van der Waals surface area contributed by atoms with E-state index in [-0.39, 0.29) is 5.54 Å². The van der Waals surface area contributed by atoms with E-state index in [0.717, 1.165) is 24.3 Å². The molecule has 0 aromatic rings. The first kappa shape index (κ1) is 15.3. The molecule has 0 spiro atoms. The van der Waals surface area contributed by atoms with Gasteiger partial charge in [0.2, 0.25) is 0 Å². The van der Waals surface area contributed by atoms with Crippen LogP contribution in [0.15, 0.2) is 0 Å². The second-order valence-electron chi connectivity index (χ2n) is 8.07. The average molecular weight is 266 g/mol. The first-order valence-electron chi connectivity index (χ1n) is 8.34. The van der Waals surface area contributed by atoms with Crippen LogP contribution in [0.4, 0.5) is 0 Å². The Morgan fingerprint density at radius 2 is 1.95 bits per heavy atom. The van der Waals surface area contributed by atoms with Crippen molar-refractivity contribution in [2.75, 3.05) is 20.1 Å². The van der Waals surface area contributed by atoms with Gasteiger partial charge in [0.25, 0.3) is 0 Å². The number of rotatable bonds is 6. The van der Waals surface area contributed by atoms with Crippen molar-refractivity contribution in [3.8, 4) is 0 Å². The van der Waals surface area contributed by atoms with Gasteiger partial charge in [-0.25, -0.2) is 0 Å². The van der Waals surface area contributed by atoms with Crippen molar-refractivity contribution in [3.05, 3.63) is 0 Å². The molecule has 0 amide bonds. The SMILES string of the molecule is CCC(CNC(C)(C)C)N(C)CC1CC2CCC1C2. The van der Waals surface area contributed by atoms with Gasteiger partial charge in [0.05, 0.1) is 0 Å². The summed E-state index contributed by atoms with van der Waals surface area (Å²) in [6, 6.07) is 0.693. The molecule has 112 valence electrons. The molecule has 2 bridgehead atoms. The molecule has 2 fully saturated rings. The first-order chi connectivity index (χ1) is 8.89. The first-order valence-corrected chi connectivity index (χ1v) is 8.34. The molecule has 2 heteroatoms. The van der Waals surface area contributed by atoms with E-state index >= 15 is 0 Å². The van der Waals surface area contributed by atoms with Gasteiger partial charge in [-0.2, -0.15) is 0 Å². The summed E-state index contributed by atoms with van der Waals surface area (Å²) in [5, 5.41) is 3.67. The maximum Gasteiger partial charge on any atom is 0.0215 e. The molecule has 2 aliphatic carbocycles. The molecular formula is C17H34N2. The fourth-order valence-electron chi connectivity index (χ4n) is 4.15. The van der Waals surface area contributed by atoms with E-state index in [1.54, 1.807) is 0 Å². The minimum absolute atomic E-state index is 0.237. The Morgan fingerprint density at radius 3 is 2.42 bits per heavy atom. The van der Waals surface area contributed by atoms with Gasteiger partial charge in [-0.3, -0.25) is 0 Å². The van der Waals surface area contributed by atoms with E-state index in [1.165, 1.54) is 38.6 Å². The second-order valence-corrected chi connectivity index (χ2v) is 8.07. The quantitative estimate of drug-likeness (QED) is 0.791. The Bertz CT molecular complexity index is 281. The normalized spacial score (nSPS) is 32.2. The van der Waals surface area contributed by atoms with Gasteiger partial charge in [0.1, 0.15) is 0 Å². The van der Waals surface area contributed by atoms with Crippen LogP contribution in [0, 0.1) is 17.8 Å². The standard InChI is InChI=1S/C17H34N2/c1-6-16(11-18-17(2,3)4)19(5)12-15-10-13-7-8-14(15)9-13/h13-16,18H,6-12H2,1-5H3. The van der Waals surface area contributed by atoms with Crippen molar-refractivity contribution in [1.29, 1.82) is 0 Å². The van der Waals surface area contributed by atoms with Crippen LogP contribution in [0.3, 0.4) is 0 Å². The molecule has 0 aliphatic heterocycles. The number of fused-ring (bicyclic) bond motifs is 2. The summed E-state index contributed by atoms with van der Waals surface area (Å²) >= 11 is 0. The Labute approximate surface area is 120 Å². The molecule has 0 saturated heterocycles. The predicted octanol–water partition coefficient (Wildman–Crippen LogP) is 3.52. The maximum atomic E-state index is 3.67. The number of nitrogens with zero attached hydrogens (tertiary/aromatic N) is 1. The number of hydrogen-bond donors (Lipinski definition) is 1. The van der Waals surface area contributed by atoms with Crippen LogP contribution >= 0.6 is 0 Å². The third kappa shape index (κ3) is 4.19.